The van der Waals surface area contributed by atoms with Gasteiger partial charge in [0.2, 0.25) is 5.91 Å². The zero-order valence-electron chi connectivity index (χ0n) is 20.9. The molecule has 0 atom stereocenters. The van der Waals surface area contributed by atoms with E-state index in [-0.39, 0.29) is 5.91 Å². The molecule has 1 fully saturated rings. The van der Waals surface area contributed by atoms with Crippen LogP contribution in [0.4, 0.5) is 0 Å². The van der Waals surface area contributed by atoms with Crippen molar-refractivity contribution in [3.63, 3.8) is 0 Å². The normalized spacial score (nSPS) is 16.6. The van der Waals surface area contributed by atoms with Gasteiger partial charge in [-0.05, 0) is 19.3 Å². The van der Waals surface area contributed by atoms with Crippen LogP contribution >= 0.6 is 0 Å². The van der Waals surface area contributed by atoms with Crippen molar-refractivity contribution in [2.75, 3.05) is 52.9 Å². The van der Waals surface area contributed by atoms with Gasteiger partial charge in [0.25, 0.3) is 0 Å². The summed E-state index contributed by atoms with van der Waals surface area (Å²) in [5, 5.41) is 3.13. The molecule has 1 amide bonds. The number of unbranched alkanes of at least 4 members (excludes halogenated alkanes) is 12. The fourth-order valence-electron chi connectivity index (χ4n) is 4.55. The summed E-state index contributed by atoms with van der Waals surface area (Å²) in [4.78, 5) is 14.6. The van der Waals surface area contributed by atoms with Gasteiger partial charge in [-0.2, -0.15) is 0 Å². The predicted octanol–water partition coefficient (Wildman–Crippen LogP) is 5.76. The van der Waals surface area contributed by atoms with Gasteiger partial charge in [0, 0.05) is 32.6 Å². The maximum absolute atomic E-state index is 12.1. The lowest BCUT2D eigenvalue weighted by atomic mass is 10.1. The zero-order chi connectivity index (χ0) is 21.9. The molecule has 1 rings (SSSR count). The quantitative estimate of drug-likeness (QED) is 0.211. The molecule has 0 unspecified atom stereocenters. The van der Waals surface area contributed by atoms with Crippen LogP contribution in [0.1, 0.15) is 110 Å². The largest absolute Gasteiger partial charge is 0.356 e. The SMILES string of the molecule is CCCCCCCCCCCCNC(=O)CCN1CC[N+](C)(CCCCCC)CC1. The number of carbonyl (C=O) groups excluding carboxylic acids is 1. The summed E-state index contributed by atoms with van der Waals surface area (Å²) in [5.41, 5.74) is 0. The first-order valence-electron chi connectivity index (χ1n) is 13.4. The summed E-state index contributed by atoms with van der Waals surface area (Å²) in [5.74, 6) is 0.244. The van der Waals surface area contributed by atoms with E-state index in [0.29, 0.717) is 6.42 Å². The van der Waals surface area contributed by atoms with Gasteiger partial charge in [0.1, 0.15) is 0 Å². The summed E-state index contributed by atoms with van der Waals surface area (Å²) >= 11 is 0. The fraction of sp³-hybridized carbons (Fsp3) is 0.962. The Labute approximate surface area is 188 Å². The Bertz CT molecular complexity index is 405. The van der Waals surface area contributed by atoms with Crippen LogP contribution in [0, 0.1) is 0 Å². The van der Waals surface area contributed by atoms with E-state index in [4.69, 9.17) is 0 Å². The summed E-state index contributed by atoms with van der Waals surface area (Å²) in [6.45, 7) is 12.5. The van der Waals surface area contributed by atoms with Crippen LogP contribution in [-0.4, -0.2) is 68.2 Å². The Kier molecular flexibility index (Phi) is 16.5. The summed E-state index contributed by atoms with van der Waals surface area (Å²) in [6.07, 6.45) is 19.6. The molecule has 0 aliphatic carbocycles. The highest BCUT2D eigenvalue weighted by Crippen LogP contribution is 2.13. The molecule has 1 N–H and O–H groups in total. The Morgan fingerprint density at radius 2 is 1.27 bits per heavy atom. The molecule has 0 aromatic heterocycles. The van der Waals surface area contributed by atoms with Crippen molar-refractivity contribution in [1.29, 1.82) is 0 Å². The van der Waals surface area contributed by atoms with Gasteiger partial charge < -0.3 is 9.80 Å². The van der Waals surface area contributed by atoms with Gasteiger partial charge in [-0.3, -0.25) is 9.69 Å². The maximum Gasteiger partial charge on any atom is 0.221 e. The van der Waals surface area contributed by atoms with E-state index in [1.807, 2.05) is 0 Å². The van der Waals surface area contributed by atoms with Gasteiger partial charge in [0.05, 0.1) is 26.7 Å². The molecule has 1 heterocycles. The average Bonchev–Trinajstić information content (AvgIpc) is 2.75. The van der Waals surface area contributed by atoms with E-state index in [9.17, 15) is 4.79 Å². The van der Waals surface area contributed by atoms with Crippen molar-refractivity contribution in [3.05, 3.63) is 0 Å². The summed E-state index contributed by atoms with van der Waals surface area (Å²) < 4.78 is 1.23. The molecule has 0 saturated carbocycles. The first-order valence-corrected chi connectivity index (χ1v) is 13.4. The van der Waals surface area contributed by atoms with E-state index in [1.165, 1.54) is 108 Å². The molecular weight excluding hydrogens is 370 g/mol. The zero-order valence-corrected chi connectivity index (χ0v) is 20.9. The van der Waals surface area contributed by atoms with Crippen LogP contribution < -0.4 is 5.32 Å². The van der Waals surface area contributed by atoms with Crippen molar-refractivity contribution in [1.82, 2.24) is 10.2 Å². The second kappa shape index (κ2) is 18.0. The van der Waals surface area contributed by atoms with Gasteiger partial charge in [-0.1, -0.05) is 84.5 Å². The molecule has 0 aromatic rings. The smallest absolute Gasteiger partial charge is 0.221 e. The summed E-state index contributed by atoms with van der Waals surface area (Å²) in [6, 6.07) is 0. The molecule has 0 bridgehead atoms. The Hall–Kier alpha value is -0.610. The molecule has 1 saturated heterocycles. The molecule has 4 nitrogen and oxygen atoms in total. The number of nitrogens with zero attached hydrogens (tertiary/aromatic N) is 2. The van der Waals surface area contributed by atoms with Crippen LogP contribution in [0.5, 0.6) is 0 Å². The van der Waals surface area contributed by atoms with Gasteiger partial charge >= 0.3 is 0 Å². The highest BCUT2D eigenvalue weighted by molar-refractivity contribution is 5.75. The number of piperazine rings is 1. The lowest BCUT2D eigenvalue weighted by molar-refractivity contribution is -0.913. The third-order valence-electron chi connectivity index (χ3n) is 6.97. The molecule has 4 heteroatoms. The Balaban J connectivity index is 1.93. The topological polar surface area (TPSA) is 32.3 Å². The molecule has 0 aromatic carbocycles. The van der Waals surface area contributed by atoms with Crippen molar-refractivity contribution < 1.29 is 9.28 Å². The summed E-state index contributed by atoms with van der Waals surface area (Å²) in [7, 11) is 2.42. The van der Waals surface area contributed by atoms with Crippen molar-refractivity contribution >= 4 is 5.91 Å². The number of hydrogen-bond acceptors (Lipinski definition) is 2. The molecule has 178 valence electrons. The minimum atomic E-state index is 0.244. The predicted molar refractivity (Wildman–Crippen MR) is 131 cm³/mol. The number of nitrogens with one attached hydrogen (secondary N) is 1. The third kappa shape index (κ3) is 14.4. The first-order chi connectivity index (χ1) is 14.6. The van der Waals surface area contributed by atoms with Crippen LogP contribution in [0.25, 0.3) is 0 Å². The van der Waals surface area contributed by atoms with E-state index in [1.54, 1.807) is 0 Å². The minimum Gasteiger partial charge on any atom is -0.356 e. The second-order valence-corrected chi connectivity index (χ2v) is 9.97. The highest BCUT2D eigenvalue weighted by atomic mass is 16.1. The van der Waals surface area contributed by atoms with E-state index >= 15 is 0 Å². The molecule has 0 spiro atoms. The molecule has 1 aliphatic rings. The van der Waals surface area contributed by atoms with Crippen molar-refractivity contribution in [2.45, 2.75) is 110 Å². The number of quaternary nitrogens is 1. The van der Waals surface area contributed by atoms with E-state index in [2.05, 4.69) is 31.1 Å². The van der Waals surface area contributed by atoms with Crippen LogP contribution in [0.2, 0.25) is 0 Å². The monoisotopic (exact) mass is 424 g/mol. The Morgan fingerprint density at radius 3 is 1.83 bits per heavy atom. The van der Waals surface area contributed by atoms with Crippen LogP contribution in [0.15, 0.2) is 0 Å². The number of carbonyl (C=O) groups is 1. The van der Waals surface area contributed by atoms with Crippen LogP contribution in [0.3, 0.4) is 0 Å². The van der Waals surface area contributed by atoms with E-state index < -0.39 is 0 Å². The molecule has 30 heavy (non-hydrogen) atoms. The standard InChI is InChI=1S/C26H53N3O/c1-4-6-8-10-11-12-13-14-15-16-19-27-26(30)18-20-28-21-24-29(3,25-22-28)23-17-9-7-5-2/h4-25H2,1-3H3/p+1. The lowest BCUT2D eigenvalue weighted by Crippen LogP contribution is -2.57. The minimum absolute atomic E-state index is 0.244. The lowest BCUT2D eigenvalue weighted by Gasteiger charge is -2.42. The number of rotatable bonds is 19. The third-order valence-corrected chi connectivity index (χ3v) is 6.97. The molecule has 0 radical (unpaired) electrons. The average molecular weight is 425 g/mol. The van der Waals surface area contributed by atoms with Crippen LogP contribution in [-0.2, 0) is 4.79 Å². The molecular formula is C26H54N3O+. The highest BCUT2D eigenvalue weighted by Gasteiger charge is 2.28. The Morgan fingerprint density at radius 1 is 0.767 bits per heavy atom. The van der Waals surface area contributed by atoms with Crippen molar-refractivity contribution in [2.24, 2.45) is 0 Å². The molecule has 1 aliphatic heterocycles. The van der Waals surface area contributed by atoms with Gasteiger partial charge in [-0.25, -0.2) is 0 Å². The number of likely N-dealkylation sites (N-methyl/N-ethyl adjacent to an activating group) is 1. The maximum atomic E-state index is 12.1. The second-order valence-electron chi connectivity index (χ2n) is 9.97. The van der Waals surface area contributed by atoms with Crippen molar-refractivity contribution in [3.8, 4) is 0 Å². The van der Waals surface area contributed by atoms with E-state index in [0.717, 1.165) is 32.6 Å². The van der Waals surface area contributed by atoms with Gasteiger partial charge in [-0.15, -0.1) is 0 Å². The van der Waals surface area contributed by atoms with Gasteiger partial charge in [0.15, 0.2) is 0 Å². The number of hydrogen-bond donors (Lipinski definition) is 1. The fourth-order valence-corrected chi connectivity index (χ4v) is 4.55. The number of amides is 1. The first kappa shape index (κ1) is 27.4.